The third-order valence-corrected chi connectivity index (χ3v) is 12.4. The van der Waals surface area contributed by atoms with E-state index in [4.69, 9.17) is 19.3 Å². The van der Waals surface area contributed by atoms with Gasteiger partial charge in [-0.3, -0.25) is 18.9 Å². The summed E-state index contributed by atoms with van der Waals surface area (Å²) in [7, 11) is -4.82. The number of ketones is 1. The lowest BCUT2D eigenvalue weighted by Crippen LogP contribution is -2.29. The summed E-state index contributed by atoms with van der Waals surface area (Å²) in [6, 6.07) is 0. The van der Waals surface area contributed by atoms with E-state index in [1.807, 2.05) is 12.2 Å². The Bertz CT molecular complexity index is 1200. The molecular weight excluding hydrogens is 783 g/mol. The van der Waals surface area contributed by atoms with Crippen molar-refractivity contribution in [1.82, 2.24) is 0 Å². The smallest absolute Gasteiger partial charge is 0.462 e. The van der Waals surface area contributed by atoms with Crippen LogP contribution in [0.3, 0.4) is 0 Å². The monoisotopic (exact) mass is 871 g/mol. The van der Waals surface area contributed by atoms with Gasteiger partial charge in [0.15, 0.2) is 6.10 Å². The number of hydrogen-bond acceptors (Lipinski definition) is 9. The van der Waals surface area contributed by atoms with E-state index < -0.39 is 44.7 Å². The molecule has 0 aliphatic heterocycles. The standard InChI is InChI=1S/C48H87O11P/c1-4-6-25-31-41(49)35-36-44-43(45(50)37-46(44)51)32-27-23-24-28-33-47(52)57-38-42(39-58-60(54,55)56)59-48(53)34-29-22-20-18-16-14-12-10-8-7-9-11-13-15-17-19-21-26-30-40(3)5-2/h23,27,35-36,40-44,46,49,51H,4-22,24-26,28-34,37-39H2,1-3H3,(H2,54,55,56)/b27-23-,36-35+/t40?,41-,42+,43+,44+,46+/m0/s1. The molecule has 1 unspecified atom stereocenters. The lowest BCUT2D eigenvalue weighted by atomic mass is 9.90. The van der Waals surface area contributed by atoms with Gasteiger partial charge in [-0.1, -0.05) is 186 Å². The van der Waals surface area contributed by atoms with Gasteiger partial charge in [-0.25, -0.2) is 4.57 Å². The zero-order valence-electron chi connectivity index (χ0n) is 38.0. The minimum Gasteiger partial charge on any atom is -0.462 e. The molecule has 4 N–H and O–H groups in total. The van der Waals surface area contributed by atoms with Crippen molar-refractivity contribution in [2.24, 2.45) is 17.8 Å². The molecule has 0 aromatic rings. The molecule has 1 aliphatic carbocycles. The fraction of sp³-hybridized carbons (Fsp3) is 0.854. The first kappa shape index (κ1) is 56.1. The molecule has 0 amide bonds. The normalized spacial score (nSPS) is 18.7. The quantitative estimate of drug-likeness (QED) is 0.0199. The van der Waals surface area contributed by atoms with Gasteiger partial charge in [0.25, 0.3) is 0 Å². The molecule has 1 rings (SSSR count). The highest BCUT2D eigenvalue weighted by Gasteiger charge is 2.39. The summed E-state index contributed by atoms with van der Waals surface area (Å²) >= 11 is 0. The molecular formula is C48H87O11P. The molecule has 0 aromatic heterocycles. The maximum absolute atomic E-state index is 12.5. The summed E-state index contributed by atoms with van der Waals surface area (Å²) in [4.78, 5) is 55.7. The molecule has 6 atom stereocenters. The lowest BCUT2D eigenvalue weighted by Gasteiger charge is -2.18. The van der Waals surface area contributed by atoms with E-state index in [1.165, 1.54) is 103 Å². The average molecular weight is 871 g/mol. The first-order valence-electron chi connectivity index (χ1n) is 24.1. The Morgan fingerprint density at radius 1 is 0.733 bits per heavy atom. The van der Waals surface area contributed by atoms with E-state index in [0.29, 0.717) is 32.1 Å². The molecule has 0 radical (unpaired) electrons. The molecule has 1 aliphatic rings. The fourth-order valence-electron chi connectivity index (χ4n) is 7.80. The third kappa shape index (κ3) is 31.9. The first-order valence-corrected chi connectivity index (χ1v) is 25.7. The van der Waals surface area contributed by atoms with Gasteiger partial charge in [-0.05, 0) is 38.0 Å². The Hall–Kier alpha value is -1.88. The third-order valence-electron chi connectivity index (χ3n) is 11.9. The predicted molar refractivity (Wildman–Crippen MR) is 240 cm³/mol. The highest BCUT2D eigenvalue weighted by Crippen LogP contribution is 2.36. The molecule has 0 saturated heterocycles. The Kier molecular flexibility index (Phi) is 34.2. The Balaban J connectivity index is 2.18. The molecule has 1 fully saturated rings. The van der Waals surface area contributed by atoms with E-state index in [9.17, 15) is 29.2 Å². The number of aliphatic hydroxyl groups excluding tert-OH is 2. The van der Waals surface area contributed by atoms with Gasteiger partial charge in [-0.15, -0.1) is 0 Å². The van der Waals surface area contributed by atoms with Gasteiger partial charge < -0.3 is 29.5 Å². The number of esters is 2. The van der Waals surface area contributed by atoms with Crippen molar-refractivity contribution >= 4 is 25.5 Å². The number of rotatable bonds is 40. The van der Waals surface area contributed by atoms with Gasteiger partial charge >= 0.3 is 19.8 Å². The van der Waals surface area contributed by atoms with E-state index in [0.717, 1.165) is 44.4 Å². The van der Waals surface area contributed by atoms with Gasteiger partial charge in [-0.2, -0.15) is 0 Å². The van der Waals surface area contributed by atoms with Gasteiger partial charge in [0, 0.05) is 31.1 Å². The van der Waals surface area contributed by atoms with Gasteiger partial charge in [0.05, 0.1) is 18.8 Å². The Morgan fingerprint density at radius 2 is 1.27 bits per heavy atom. The number of phosphoric ester groups is 1. The molecule has 350 valence electrons. The van der Waals surface area contributed by atoms with Crippen molar-refractivity contribution in [3.05, 3.63) is 24.3 Å². The molecule has 0 aromatic carbocycles. The number of unbranched alkanes of at least 4 members (excludes halogenated alkanes) is 20. The van der Waals surface area contributed by atoms with Crippen LogP contribution in [0.4, 0.5) is 0 Å². The van der Waals surface area contributed by atoms with Crippen LogP contribution < -0.4 is 0 Å². The summed E-state index contributed by atoms with van der Waals surface area (Å²) in [5, 5.41) is 20.6. The van der Waals surface area contributed by atoms with Crippen LogP contribution in [0.5, 0.6) is 0 Å². The predicted octanol–water partition coefficient (Wildman–Crippen LogP) is 11.6. The second kappa shape index (κ2) is 36.6. The van der Waals surface area contributed by atoms with Crippen LogP contribution in [0.15, 0.2) is 24.3 Å². The zero-order chi connectivity index (χ0) is 44.3. The van der Waals surface area contributed by atoms with Gasteiger partial charge in [0.2, 0.25) is 0 Å². The molecule has 1 saturated carbocycles. The summed E-state index contributed by atoms with van der Waals surface area (Å²) in [5.41, 5.74) is 0. The maximum atomic E-state index is 12.5. The minimum atomic E-state index is -4.82. The molecule has 0 heterocycles. The van der Waals surface area contributed by atoms with Crippen LogP contribution in [0.25, 0.3) is 0 Å². The summed E-state index contributed by atoms with van der Waals surface area (Å²) in [6.07, 6.45) is 35.5. The van der Waals surface area contributed by atoms with E-state index >= 15 is 0 Å². The molecule has 11 nitrogen and oxygen atoms in total. The van der Waals surface area contributed by atoms with Crippen molar-refractivity contribution in [2.75, 3.05) is 13.2 Å². The van der Waals surface area contributed by atoms with Crippen LogP contribution >= 0.6 is 7.82 Å². The summed E-state index contributed by atoms with van der Waals surface area (Å²) in [6.45, 7) is 5.77. The van der Waals surface area contributed by atoms with Crippen LogP contribution in [-0.4, -0.2) is 69.2 Å². The largest absolute Gasteiger partial charge is 0.469 e. The summed E-state index contributed by atoms with van der Waals surface area (Å²) < 4.78 is 26.4. The fourth-order valence-corrected chi connectivity index (χ4v) is 8.16. The SMILES string of the molecule is CCCCC[C@H](O)/C=C/[C@H]1[C@H](O)CC(=O)[C@@H]1C/C=C\CCCC(=O)OC[C@H](COP(=O)(O)O)OC(=O)CCCCCCCCCCCCCCCCCCCCC(C)CC. The number of Topliss-reactive ketones (excluding diaryl/α,β-unsaturated/α-hetero) is 1. The molecule has 0 bridgehead atoms. The van der Waals surface area contributed by atoms with Crippen LogP contribution in [-0.2, 0) is 32.9 Å². The van der Waals surface area contributed by atoms with E-state index in [1.54, 1.807) is 12.2 Å². The van der Waals surface area contributed by atoms with Crippen LogP contribution in [0, 0.1) is 17.8 Å². The number of carbonyl (C=O) groups is 3. The van der Waals surface area contributed by atoms with Crippen LogP contribution in [0.1, 0.15) is 213 Å². The highest BCUT2D eigenvalue weighted by atomic mass is 31.2. The molecule has 12 heteroatoms. The second-order valence-corrected chi connectivity index (χ2v) is 18.7. The molecule has 60 heavy (non-hydrogen) atoms. The average Bonchev–Trinajstić information content (AvgIpc) is 3.48. The number of phosphoric acid groups is 1. The number of allylic oxidation sites excluding steroid dienone is 2. The molecule has 0 spiro atoms. The minimum absolute atomic E-state index is 0.00500. The Labute approximate surface area is 364 Å². The zero-order valence-corrected chi connectivity index (χ0v) is 38.9. The second-order valence-electron chi connectivity index (χ2n) is 17.5. The van der Waals surface area contributed by atoms with Crippen molar-refractivity contribution < 1.29 is 52.9 Å². The number of carbonyl (C=O) groups excluding carboxylic acids is 3. The first-order chi connectivity index (χ1) is 28.9. The number of aliphatic hydroxyl groups is 2. The van der Waals surface area contributed by atoms with Crippen molar-refractivity contribution in [1.29, 1.82) is 0 Å². The highest BCUT2D eigenvalue weighted by molar-refractivity contribution is 7.46. The van der Waals surface area contributed by atoms with Gasteiger partial charge in [0.1, 0.15) is 12.4 Å². The maximum Gasteiger partial charge on any atom is 0.469 e. The van der Waals surface area contributed by atoms with Crippen molar-refractivity contribution in [3.8, 4) is 0 Å². The number of hydrogen-bond donors (Lipinski definition) is 4. The van der Waals surface area contributed by atoms with E-state index in [2.05, 4.69) is 25.3 Å². The lowest BCUT2D eigenvalue weighted by molar-refractivity contribution is -0.161. The van der Waals surface area contributed by atoms with Crippen LogP contribution in [0.2, 0.25) is 0 Å². The number of ether oxygens (including phenoxy) is 2. The Morgan fingerprint density at radius 3 is 1.82 bits per heavy atom. The summed E-state index contributed by atoms with van der Waals surface area (Å²) in [5.74, 6) is -0.900. The topological polar surface area (TPSA) is 177 Å². The van der Waals surface area contributed by atoms with Crippen molar-refractivity contribution in [2.45, 2.75) is 232 Å². The van der Waals surface area contributed by atoms with Crippen molar-refractivity contribution in [3.63, 3.8) is 0 Å². The van der Waals surface area contributed by atoms with E-state index in [-0.39, 0.29) is 43.5 Å².